The van der Waals surface area contributed by atoms with Gasteiger partial charge in [0, 0.05) is 35.3 Å². The van der Waals surface area contributed by atoms with Gasteiger partial charge in [-0.15, -0.1) is 0 Å². The van der Waals surface area contributed by atoms with Crippen LogP contribution >= 0.6 is 0 Å². The Hall–Kier alpha value is -3.41. The van der Waals surface area contributed by atoms with Gasteiger partial charge in [-0.1, -0.05) is 17.8 Å². The summed E-state index contributed by atoms with van der Waals surface area (Å²) in [5, 5.41) is 13.0. The number of ether oxygens (including phenoxy) is 3. The van der Waals surface area contributed by atoms with Crippen molar-refractivity contribution in [3.8, 4) is 17.2 Å². The lowest BCUT2D eigenvalue weighted by Crippen LogP contribution is -1.99. The van der Waals surface area contributed by atoms with Crippen molar-refractivity contribution in [3.63, 3.8) is 0 Å². The Balaban J connectivity index is 2.15. The van der Waals surface area contributed by atoms with Crippen LogP contribution in [-0.4, -0.2) is 37.3 Å². The zero-order valence-corrected chi connectivity index (χ0v) is 15.8. The van der Waals surface area contributed by atoms with Gasteiger partial charge in [-0.3, -0.25) is 0 Å². The normalized spacial score (nSPS) is 11.1. The maximum absolute atomic E-state index is 8.92. The van der Waals surface area contributed by atoms with Crippen LogP contribution in [0.15, 0.2) is 48.3 Å². The van der Waals surface area contributed by atoms with E-state index in [1.807, 2.05) is 48.1 Å². The van der Waals surface area contributed by atoms with E-state index in [9.17, 15) is 0 Å². The molecular weight excluding hydrogens is 344 g/mol. The second-order valence-electron chi connectivity index (χ2n) is 6.03. The van der Waals surface area contributed by atoms with Crippen LogP contribution in [0.2, 0.25) is 0 Å². The van der Waals surface area contributed by atoms with E-state index in [-0.39, 0.29) is 0 Å². The minimum absolute atomic E-state index is 0.521. The van der Waals surface area contributed by atoms with Gasteiger partial charge in [0.2, 0.25) is 5.75 Å². The standard InChI is InChI=1S/C21H22N2O4/c1-13(16-7-9-19(25-3)21(27-5)20(16)26-4)14-6-8-18-17(10-14)15(11-22-24)12-23(18)2/h6-12,24H,1H2,2-5H3/b22-11+. The van der Waals surface area contributed by atoms with Crippen LogP contribution in [0.25, 0.3) is 16.5 Å². The molecule has 0 bridgehead atoms. The molecule has 0 spiro atoms. The zero-order valence-electron chi connectivity index (χ0n) is 15.8. The SMILES string of the molecule is C=C(c1ccc2c(c1)c(/C=N/O)cn2C)c1ccc(OC)c(OC)c1OC. The van der Waals surface area contributed by atoms with E-state index in [0.29, 0.717) is 17.2 Å². The maximum atomic E-state index is 8.92. The topological polar surface area (TPSA) is 65.2 Å². The molecule has 140 valence electrons. The van der Waals surface area contributed by atoms with E-state index in [1.54, 1.807) is 21.3 Å². The van der Waals surface area contributed by atoms with Crippen LogP contribution < -0.4 is 14.2 Å². The third kappa shape index (κ3) is 3.10. The molecule has 0 unspecified atom stereocenters. The van der Waals surface area contributed by atoms with E-state index in [0.717, 1.165) is 33.2 Å². The number of hydrogen-bond donors (Lipinski definition) is 1. The number of rotatable bonds is 6. The summed E-state index contributed by atoms with van der Waals surface area (Å²) in [6, 6.07) is 9.75. The Labute approximate surface area is 157 Å². The molecule has 0 fully saturated rings. The summed E-state index contributed by atoms with van der Waals surface area (Å²) in [4.78, 5) is 0. The molecule has 1 heterocycles. The molecule has 1 N–H and O–H groups in total. The van der Waals surface area contributed by atoms with E-state index in [2.05, 4.69) is 11.7 Å². The molecule has 0 radical (unpaired) electrons. The first kappa shape index (κ1) is 18.4. The van der Waals surface area contributed by atoms with Crippen LogP contribution in [-0.2, 0) is 7.05 Å². The van der Waals surface area contributed by atoms with Crippen LogP contribution in [0.1, 0.15) is 16.7 Å². The van der Waals surface area contributed by atoms with E-state index in [4.69, 9.17) is 19.4 Å². The fraction of sp³-hybridized carbons (Fsp3) is 0.190. The van der Waals surface area contributed by atoms with Crippen molar-refractivity contribution < 1.29 is 19.4 Å². The van der Waals surface area contributed by atoms with Crippen LogP contribution in [0.3, 0.4) is 0 Å². The predicted octanol–water partition coefficient (Wildman–Crippen LogP) is 4.07. The molecular formula is C21H22N2O4. The minimum atomic E-state index is 0.521. The lowest BCUT2D eigenvalue weighted by Gasteiger charge is -2.17. The van der Waals surface area contributed by atoms with E-state index < -0.39 is 0 Å². The van der Waals surface area contributed by atoms with Crippen molar-refractivity contribution in [3.05, 3.63) is 59.8 Å². The number of hydrogen-bond acceptors (Lipinski definition) is 5. The number of methoxy groups -OCH3 is 3. The highest BCUT2D eigenvalue weighted by molar-refractivity contribution is 6.01. The van der Waals surface area contributed by atoms with Gasteiger partial charge < -0.3 is 24.0 Å². The summed E-state index contributed by atoms with van der Waals surface area (Å²) < 4.78 is 18.4. The molecule has 3 rings (SSSR count). The molecule has 6 heteroatoms. The summed E-state index contributed by atoms with van der Waals surface area (Å²) in [6.07, 6.45) is 3.33. The van der Waals surface area contributed by atoms with Crippen molar-refractivity contribution in [2.75, 3.05) is 21.3 Å². The molecule has 0 saturated heterocycles. The van der Waals surface area contributed by atoms with Gasteiger partial charge in [0.25, 0.3) is 0 Å². The Morgan fingerprint density at radius 1 is 1.07 bits per heavy atom. The molecule has 0 atom stereocenters. The molecule has 27 heavy (non-hydrogen) atoms. The highest BCUT2D eigenvalue weighted by atomic mass is 16.5. The fourth-order valence-electron chi connectivity index (χ4n) is 3.27. The van der Waals surface area contributed by atoms with Crippen molar-refractivity contribution in [1.29, 1.82) is 0 Å². The molecule has 1 aromatic heterocycles. The lowest BCUT2D eigenvalue weighted by atomic mass is 9.96. The summed E-state index contributed by atoms with van der Waals surface area (Å²) in [5.74, 6) is 1.67. The Morgan fingerprint density at radius 3 is 2.44 bits per heavy atom. The summed E-state index contributed by atoms with van der Waals surface area (Å²) in [5.41, 5.74) is 4.37. The number of aromatic nitrogens is 1. The first-order chi connectivity index (χ1) is 13.0. The molecule has 0 aliphatic heterocycles. The van der Waals surface area contributed by atoms with Crippen molar-refractivity contribution >= 4 is 22.7 Å². The first-order valence-electron chi connectivity index (χ1n) is 8.30. The van der Waals surface area contributed by atoms with Crippen LogP contribution in [0.5, 0.6) is 17.2 Å². The van der Waals surface area contributed by atoms with Crippen LogP contribution in [0, 0.1) is 0 Å². The summed E-state index contributed by atoms with van der Waals surface area (Å²) in [6.45, 7) is 4.26. The summed E-state index contributed by atoms with van der Waals surface area (Å²) in [7, 11) is 6.69. The second-order valence-corrected chi connectivity index (χ2v) is 6.03. The van der Waals surface area contributed by atoms with Crippen molar-refractivity contribution in [2.24, 2.45) is 12.2 Å². The highest BCUT2D eigenvalue weighted by Gasteiger charge is 2.19. The van der Waals surface area contributed by atoms with Crippen molar-refractivity contribution in [2.45, 2.75) is 0 Å². The molecule has 0 aliphatic rings. The van der Waals surface area contributed by atoms with Gasteiger partial charge in [-0.25, -0.2) is 0 Å². The number of nitrogens with zero attached hydrogens (tertiary/aromatic N) is 2. The number of benzene rings is 2. The molecule has 3 aromatic rings. The molecule has 0 amide bonds. The van der Waals surface area contributed by atoms with Gasteiger partial charge in [-0.05, 0) is 35.4 Å². The Morgan fingerprint density at radius 2 is 1.81 bits per heavy atom. The third-order valence-electron chi connectivity index (χ3n) is 4.59. The molecule has 0 aliphatic carbocycles. The first-order valence-corrected chi connectivity index (χ1v) is 8.30. The highest BCUT2D eigenvalue weighted by Crippen LogP contribution is 2.43. The summed E-state index contributed by atoms with van der Waals surface area (Å²) >= 11 is 0. The van der Waals surface area contributed by atoms with Gasteiger partial charge in [0.15, 0.2) is 11.5 Å². The third-order valence-corrected chi connectivity index (χ3v) is 4.59. The van der Waals surface area contributed by atoms with E-state index >= 15 is 0 Å². The largest absolute Gasteiger partial charge is 0.493 e. The fourth-order valence-corrected chi connectivity index (χ4v) is 3.27. The zero-order chi connectivity index (χ0) is 19.6. The van der Waals surface area contributed by atoms with E-state index in [1.165, 1.54) is 6.21 Å². The van der Waals surface area contributed by atoms with Crippen LogP contribution in [0.4, 0.5) is 0 Å². The predicted molar refractivity (Wildman–Crippen MR) is 107 cm³/mol. The van der Waals surface area contributed by atoms with Crippen molar-refractivity contribution in [1.82, 2.24) is 4.57 Å². The van der Waals surface area contributed by atoms with Gasteiger partial charge >= 0.3 is 0 Å². The molecule has 6 nitrogen and oxygen atoms in total. The maximum Gasteiger partial charge on any atom is 0.203 e. The quantitative estimate of drug-likeness (QED) is 0.406. The van der Waals surface area contributed by atoms with Gasteiger partial charge in [0.05, 0.1) is 27.5 Å². The smallest absolute Gasteiger partial charge is 0.203 e. The minimum Gasteiger partial charge on any atom is -0.493 e. The van der Waals surface area contributed by atoms with Gasteiger partial charge in [0.1, 0.15) is 0 Å². The van der Waals surface area contributed by atoms with Gasteiger partial charge in [-0.2, -0.15) is 0 Å². The number of oxime groups is 1. The lowest BCUT2D eigenvalue weighted by molar-refractivity contribution is 0.322. The second kappa shape index (κ2) is 7.45. The molecule has 2 aromatic carbocycles. The average Bonchev–Trinajstić information content (AvgIpc) is 3.01. The number of aryl methyl sites for hydroxylation is 1. The average molecular weight is 366 g/mol. The Kier molecular flexibility index (Phi) is 5.07. The monoisotopic (exact) mass is 366 g/mol. The Bertz CT molecular complexity index is 1030. The number of fused-ring (bicyclic) bond motifs is 1. The molecule has 0 saturated carbocycles.